The summed E-state index contributed by atoms with van der Waals surface area (Å²) in [7, 11) is 0. The normalized spacial score (nSPS) is 18.1. The van der Waals surface area contributed by atoms with E-state index in [4.69, 9.17) is 15.5 Å². The third-order valence-electron chi connectivity index (χ3n) is 6.79. The Morgan fingerprint density at radius 1 is 1.21 bits per heavy atom. The van der Waals surface area contributed by atoms with Crippen molar-refractivity contribution in [2.75, 3.05) is 38.6 Å². The molecule has 9 heteroatoms. The molecule has 9 nitrogen and oxygen atoms in total. The minimum Gasteiger partial charge on any atom is -0.379 e. The fourth-order valence-electron chi connectivity index (χ4n) is 4.89. The zero-order chi connectivity index (χ0) is 22.8. The van der Waals surface area contributed by atoms with Gasteiger partial charge in [0, 0.05) is 31.9 Å². The summed E-state index contributed by atoms with van der Waals surface area (Å²) in [5.74, 6) is 0.121. The van der Waals surface area contributed by atoms with E-state index < -0.39 is 0 Å². The van der Waals surface area contributed by atoms with Crippen LogP contribution in [-0.2, 0) is 11.3 Å². The summed E-state index contributed by atoms with van der Waals surface area (Å²) in [4.78, 5) is 33.6. The second kappa shape index (κ2) is 9.44. The van der Waals surface area contributed by atoms with Crippen LogP contribution in [0.15, 0.2) is 35.3 Å². The molecular formula is C24H31N6O3+. The number of hydrogen-bond acceptors (Lipinski definition) is 6. The molecule has 0 unspecified atom stereocenters. The molecule has 3 N–H and O–H groups in total. The summed E-state index contributed by atoms with van der Waals surface area (Å²) in [6.45, 7) is 4.36. The highest BCUT2D eigenvalue weighted by molar-refractivity contribution is 6.00. The van der Waals surface area contributed by atoms with Gasteiger partial charge in [-0.2, -0.15) is 0 Å². The SMILES string of the molecule is Nc1c(C(=O)NC2CCCCC2)cc2c(=O)n3ccccc3nc2[n+]1CCN1CCOCC1. The summed E-state index contributed by atoms with van der Waals surface area (Å²) in [5, 5.41) is 3.53. The third-order valence-corrected chi connectivity index (χ3v) is 6.79. The summed E-state index contributed by atoms with van der Waals surface area (Å²) < 4.78 is 8.79. The van der Waals surface area contributed by atoms with Gasteiger partial charge in [0.25, 0.3) is 17.1 Å². The van der Waals surface area contributed by atoms with Crippen LogP contribution in [0.3, 0.4) is 0 Å². The van der Waals surface area contributed by atoms with Crippen LogP contribution in [0.1, 0.15) is 42.5 Å². The molecule has 174 valence electrons. The number of carbonyl (C=O) groups excluding carboxylic acids is 1. The third kappa shape index (κ3) is 4.43. The first-order valence-corrected chi connectivity index (χ1v) is 11.9. The minimum absolute atomic E-state index is 0.152. The van der Waals surface area contributed by atoms with Crippen LogP contribution in [0.2, 0.25) is 0 Å². The summed E-state index contributed by atoms with van der Waals surface area (Å²) in [6, 6.07) is 7.21. The van der Waals surface area contributed by atoms with Crippen LogP contribution >= 0.6 is 0 Å². The molecule has 33 heavy (non-hydrogen) atoms. The van der Waals surface area contributed by atoms with Gasteiger partial charge in [-0.25, -0.2) is 4.57 Å². The number of pyridine rings is 2. The Balaban J connectivity index is 1.58. The lowest BCUT2D eigenvalue weighted by molar-refractivity contribution is -0.658. The quantitative estimate of drug-likeness (QED) is 0.445. The summed E-state index contributed by atoms with van der Waals surface area (Å²) >= 11 is 0. The second-order valence-electron chi connectivity index (χ2n) is 8.94. The van der Waals surface area contributed by atoms with Crippen molar-refractivity contribution >= 4 is 28.4 Å². The maximum absolute atomic E-state index is 13.3. The van der Waals surface area contributed by atoms with Crippen molar-refractivity contribution in [3.8, 4) is 0 Å². The average Bonchev–Trinajstić information content (AvgIpc) is 2.85. The molecule has 1 saturated carbocycles. The molecule has 0 aromatic carbocycles. The first-order chi connectivity index (χ1) is 16.1. The van der Waals surface area contributed by atoms with E-state index in [0.717, 1.165) is 45.3 Å². The van der Waals surface area contributed by atoms with Crippen LogP contribution in [0.4, 0.5) is 5.82 Å². The van der Waals surface area contributed by atoms with Gasteiger partial charge in [0.05, 0.1) is 19.8 Å². The van der Waals surface area contributed by atoms with E-state index in [2.05, 4.69) is 10.2 Å². The predicted octanol–water partition coefficient (Wildman–Crippen LogP) is 1.11. The number of ether oxygens (including phenoxy) is 1. The van der Waals surface area contributed by atoms with E-state index in [-0.39, 0.29) is 17.5 Å². The molecule has 0 atom stereocenters. The number of rotatable bonds is 5. The Hall–Kier alpha value is -3.04. The van der Waals surface area contributed by atoms with Crippen molar-refractivity contribution in [2.45, 2.75) is 44.7 Å². The van der Waals surface area contributed by atoms with Gasteiger partial charge in [-0.3, -0.25) is 18.9 Å². The van der Waals surface area contributed by atoms with Crippen LogP contribution < -0.4 is 21.2 Å². The number of nitrogen functional groups attached to an aromatic ring is 1. The fourth-order valence-corrected chi connectivity index (χ4v) is 4.89. The predicted molar refractivity (Wildman–Crippen MR) is 125 cm³/mol. The van der Waals surface area contributed by atoms with E-state index in [1.807, 2.05) is 10.6 Å². The number of nitrogens with two attached hydrogens (primary N) is 1. The van der Waals surface area contributed by atoms with Gasteiger partial charge < -0.3 is 15.8 Å². The summed E-state index contributed by atoms with van der Waals surface area (Å²) in [6.07, 6.45) is 7.10. The highest BCUT2D eigenvalue weighted by Gasteiger charge is 2.26. The maximum Gasteiger partial charge on any atom is 0.278 e. The Labute approximate surface area is 192 Å². The van der Waals surface area contributed by atoms with Gasteiger partial charge in [0.15, 0.2) is 0 Å². The maximum atomic E-state index is 13.3. The number of morpholine rings is 1. The highest BCUT2D eigenvalue weighted by atomic mass is 16.5. The molecule has 4 heterocycles. The molecule has 0 spiro atoms. The lowest BCUT2D eigenvalue weighted by Crippen LogP contribution is -2.48. The highest BCUT2D eigenvalue weighted by Crippen LogP contribution is 2.20. The largest absolute Gasteiger partial charge is 0.379 e. The number of nitrogens with one attached hydrogen (secondary N) is 1. The van der Waals surface area contributed by atoms with Crippen molar-refractivity contribution in [2.24, 2.45) is 0 Å². The van der Waals surface area contributed by atoms with E-state index in [0.29, 0.717) is 47.8 Å². The molecule has 2 aliphatic rings. The molecule has 0 bridgehead atoms. The van der Waals surface area contributed by atoms with E-state index in [1.54, 1.807) is 24.4 Å². The number of anilines is 1. The van der Waals surface area contributed by atoms with E-state index >= 15 is 0 Å². The van der Waals surface area contributed by atoms with Crippen LogP contribution in [0.25, 0.3) is 16.7 Å². The zero-order valence-corrected chi connectivity index (χ0v) is 18.8. The standard InChI is InChI=1S/C24H30N6O3/c25-21-18(23(31)26-17-6-2-1-3-7-17)16-19-22(27-20-8-4-5-9-29(20)24(19)32)30(21)11-10-28-12-14-33-15-13-28/h4-5,8-9,16-17,25H,1-3,6-7,10-15H2,(H,26,31)/p+1. The number of fused-ring (bicyclic) bond motifs is 2. The first kappa shape index (κ1) is 21.8. The molecular weight excluding hydrogens is 420 g/mol. The van der Waals surface area contributed by atoms with Crippen molar-refractivity contribution in [3.63, 3.8) is 0 Å². The molecule has 1 saturated heterocycles. The van der Waals surface area contributed by atoms with Gasteiger partial charge in [-0.1, -0.05) is 30.3 Å². The number of carbonyl (C=O) groups is 1. The Morgan fingerprint density at radius 3 is 2.79 bits per heavy atom. The van der Waals surface area contributed by atoms with Crippen molar-refractivity contribution in [3.05, 3.63) is 46.4 Å². The molecule has 3 aromatic rings. The molecule has 2 fully saturated rings. The summed E-state index contributed by atoms with van der Waals surface area (Å²) in [5.41, 5.74) is 7.76. The van der Waals surface area contributed by atoms with Crippen molar-refractivity contribution < 1.29 is 14.1 Å². The van der Waals surface area contributed by atoms with Crippen LogP contribution in [0.5, 0.6) is 0 Å². The smallest absolute Gasteiger partial charge is 0.278 e. The minimum atomic E-state index is -0.223. The number of amides is 1. The first-order valence-electron chi connectivity index (χ1n) is 11.9. The van der Waals surface area contributed by atoms with E-state index in [9.17, 15) is 9.59 Å². The second-order valence-corrected chi connectivity index (χ2v) is 8.94. The Bertz CT molecular complexity index is 1230. The van der Waals surface area contributed by atoms with Gasteiger partial charge in [0.2, 0.25) is 11.5 Å². The van der Waals surface area contributed by atoms with E-state index in [1.165, 1.54) is 10.8 Å². The van der Waals surface area contributed by atoms with Crippen LogP contribution in [0, 0.1) is 0 Å². The van der Waals surface area contributed by atoms with Gasteiger partial charge in [-0.15, -0.1) is 0 Å². The molecule has 1 aliphatic heterocycles. The number of hydrogen-bond donors (Lipinski definition) is 2. The number of nitrogens with zero attached hydrogens (tertiary/aromatic N) is 4. The lowest BCUT2D eigenvalue weighted by Gasteiger charge is -2.26. The monoisotopic (exact) mass is 451 g/mol. The molecule has 5 rings (SSSR count). The van der Waals surface area contributed by atoms with Gasteiger partial charge in [-0.05, 0) is 31.0 Å². The Kier molecular flexibility index (Phi) is 6.24. The molecule has 1 aliphatic carbocycles. The topological polar surface area (TPSA) is 106 Å². The lowest BCUT2D eigenvalue weighted by atomic mass is 9.95. The van der Waals surface area contributed by atoms with Gasteiger partial charge in [0.1, 0.15) is 10.9 Å². The Morgan fingerprint density at radius 2 is 2.00 bits per heavy atom. The zero-order valence-electron chi connectivity index (χ0n) is 18.8. The van der Waals surface area contributed by atoms with Crippen LogP contribution in [-0.4, -0.2) is 59.1 Å². The van der Waals surface area contributed by atoms with Crippen molar-refractivity contribution in [1.29, 1.82) is 0 Å². The van der Waals surface area contributed by atoms with Gasteiger partial charge >= 0.3 is 0 Å². The number of aromatic nitrogens is 3. The fraction of sp³-hybridized carbons (Fsp3) is 0.500. The van der Waals surface area contributed by atoms with Crippen molar-refractivity contribution in [1.82, 2.24) is 19.6 Å². The molecule has 0 radical (unpaired) electrons. The average molecular weight is 452 g/mol. The molecule has 1 amide bonds. The molecule has 3 aromatic heterocycles.